The number of aromatic nitrogens is 5. The SMILES string of the molecule is c1cnoc1.c1cocn1.c1nc[nH]n1. The Morgan fingerprint density at radius 3 is 2.27 bits per heavy atom. The maximum Gasteiger partial charge on any atom is 0.180 e. The zero-order valence-electron chi connectivity index (χ0n) is 7.72. The topological polar surface area (TPSA) is 93.6 Å². The van der Waals surface area contributed by atoms with Gasteiger partial charge in [0, 0.05) is 0 Å². The van der Waals surface area contributed by atoms with Crippen molar-refractivity contribution in [2.24, 2.45) is 0 Å². The second-order valence-corrected chi connectivity index (χ2v) is 2.02. The van der Waals surface area contributed by atoms with Crippen LogP contribution in [0, 0.1) is 0 Å². The van der Waals surface area contributed by atoms with E-state index >= 15 is 0 Å². The molecule has 0 bridgehead atoms. The van der Waals surface area contributed by atoms with Crippen LogP contribution >= 0.6 is 0 Å². The van der Waals surface area contributed by atoms with Crippen molar-refractivity contribution in [3.63, 3.8) is 0 Å². The Labute approximate surface area is 85.2 Å². The van der Waals surface area contributed by atoms with Gasteiger partial charge >= 0.3 is 0 Å². The summed E-state index contributed by atoms with van der Waals surface area (Å²) < 4.78 is 8.81. The Balaban J connectivity index is 0.000000112. The Morgan fingerprint density at radius 1 is 1.07 bits per heavy atom. The van der Waals surface area contributed by atoms with E-state index in [1.54, 1.807) is 18.5 Å². The molecule has 0 aliphatic carbocycles. The summed E-state index contributed by atoms with van der Waals surface area (Å²) in [6.45, 7) is 0. The van der Waals surface area contributed by atoms with Gasteiger partial charge in [0.2, 0.25) is 0 Å². The third-order valence-corrected chi connectivity index (χ3v) is 1.03. The molecule has 7 heteroatoms. The van der Waals surface area contributed by atoms with Crippen molar-refractivity contribution in [2.45, 2.75) is 0 Å². The standard InChI is InChI=1S/2C3H3NO.C2H3N3/c1-2-5-3-4-1;1-2-4-5-3-1;1-3-2-5-4-1/h2*1-3H;1-2H,(H,3,4,5). The molecule has 3 aromatic heterocycles. The highest BCUT2D eigenvalue weighted by Gasteiger charge is 1.60. The summed E-state index contributed by atoms with van der Waals surface area (Å²) in [5.41, 5.74) is 0. The third-order valence-electron chi connectivity index (χ3n) is 1.03. The Kier molecular flexibility index (Phi) is 5.80. The minimum Gasteiger partial charge on any atom is -0.452 e. The third kappa shape index (κ3) is 6.70. The molecule has 0 saturated carbocycles. The van der Waals surface area contributed by atoms with Gasteiger partial charge in [0.25, 0.3) is 0 Å². The van der Waals surface area contributed by atoms with E-state index in [4.69, 9.17) is 0 Å². The van der Waals surface area contributed by atoms with Gasteiger partial charge in [-0.3, -0.25) is 5.10 Å². The number of nitrogens with one attached hydrogen (secondary N) is 1. The molecular formula is C8H9N5O2. The smallest absolute Gasteiger partial charge is 0.180 e. The molecule has 0 atom stereocenters. The Hall–Kier alpha value is -2.44. The average Bonchev–Trinajstić information content (AvgIpc) is 3.09. The fraction of sp³-hybridized carbons (Fsp3) is 0. The summed E-state index contributed by atoms with van der Waals surface area (Å²) in [4.78, 5) is 7.11. The molecule has 3 rings (SSSR count). The largest absolute Gasteiger partial charge is 0.452 e. The molecule has 0 spiro atoms. The summed E-state index contributed by atoms with van der Waals surface area (Å²) in [7, 11) is 0. The minimum absolute atomic E-state index is 1.38. The van der Waals surface area contributed by atoms with Gasteiger partial charge in [0.15, 0.2) is 6.39 Å². The number of nitrogens with zero attached hydrogens (tertiary/aromatic N) is 4. The van der Waals surface area contributed by atoms with E-state index in [0.29, 0.717) is 0 Å². The van der Waals surface area contributed by atoms with Crippen LogP contribution in [0.25, 0.3) is 0 Å². The van der Waals surface area contributed by atoms with Crippen LogP contribution in [0.5, 0.6) is 0 Å². The second kappa shape index (κ2) is 8.17. The van der Waals surface area contributed by atoms with Crippen molar-refractivity contribution < 1.29 is 8.94 Å². The minimum atomic E-state index is 1.38. The van der Waals surface area contributed by atoms with Gasteiger partial charge in [-0.15, -0.1) is 0 Å². The fourth-order valence-corrected chi connectivity index (χ4v) is 0.518. The highest BCUT2D eigenvalue weighted by atomic mass is 16.5. The maximum atomic E-state index is 4.47. The number of H-pyrrole nitrogens is 1. The van der Waals surface area contributed by atoms with E-state index in [-0.39, 0.29) is 0 Å². The van der Waals surface area contributed by atoms with Gasteiger partial charge in [0.05, 0.1) is 12.4 Å². The van der Waals surface area contributed by atoms with Gasteiger partial charge in [-0.05, 0) is 6.07 Å². The molecule has 0 fully saturated rings. The normalized spacial score (nSPS) is 8.00. The summed E-state index contributed by atoms with van der Waals surface area (Å²) in [5, 5.41) is 9.33. The molecule has 0 unspecified atom stereocenters. The van der Waals surface area contributed by atoms with E-state index in [9.17, 15) is 0 Å². The van der Waals surface area contributed by atoms with E-state index in [0.717, 1.165) is 0 Å². The van der Waals surface area contributed by atoms with Gasteiger partial charge < -0.3 is 8.94 Å². The molecule has 7 nitrogen and oxygen atoms in total. The lowest BCUT2D eigenvalue weighted by Gasteiger charge is -1.48. The number of hydrogen-bond acceptors (Lipinski definition) is 6. The summed E-state index contributed by atoms with van der Waals surface area (Å²) >= 11 is 0. The van der Waals surface area contributed by atoms with Crippen LogP contribution in [0.2, 0.25) is 0 Å². The Morgan fingerprint density at radius 2 is 2.07 bits per heavy atom. The number of oxazole rings is 1. The molecule has 0 radical (unpaired) electrons. The fourth-order valence-electron chi connectivity index (χ4n) is 0.518. The lowest BCUT2D eigenvalue weighted by Crippen LogP contribution is -1.53. The van der Waals surface area contributed by atoms with Crippen molar-refractivity contribution in [1.82, 2.24) is 25.3 Å². The molecule has 0 aromatic carbocycles. The van der Waals surface area contributed by atoms with Crippen LogP contribution in [-0.2, 0) is 0 Å². The highest BCUT2D eigenvalue weighted by molar-refractivity contribution is 4.67. The summed E-state index contributed by atoms with van der Waals surface area (Å²) in [6, 6.07) is 1.72. The van der Waals surface area contributed by atoms with E-state index in [2.05, 4.69) is 34.3 Å². The van der Waals surface area contributed by atoms with Crippen LogP contribution in [0.3, 0.4) is 0 Å². The first-order chi connectivity index (χ1) is 7.50. The van der Waals surface area contributed by atoms with E-state index < -0.39 is 0 Å². The van der Waals surface area contributed by atoms with Gasteiger partial charge in [-0.1, -0.05) is 5.16 Å². The van der Waals surface area contributed by atoms with Crippen molar-refractivity contribution in [1.29, 1.82) is 0 Å². The molecule has 0 amide bonds. The van der Waals surface area contributed by atoms with Gasteiger partial charge in [-0.25, -0.2) is 9.97 Å². The zero-order valence-corrected chi connectivity index (χ0v) is 7.72. The van der Waals surface area contributed by atoms with Gasteiger partial charge in [0.1, 0.15) is 25.2 Å². The van der Waals surface area contributed by atoms with Crippen molar-refractivity contribution in [3.8, 4) is 0 Å². The van der Waals surface area contributed by atoms with Gasteiger partial charge in [-0.2, -0.15) is 5.10 Å². The van der Waals surface area contributed by atoms with Crippen LogP contribution in [-0.4, -0.2) is 25.3 Å². The quantitative estimate of drug-likeness (QED) is 0.594. The van der Waals surface area contributed by atoms with Crippen molar-refractivity contribution >= 4 is 0 Å². The first-order valence-electron chi connectivity index (χ1n) is 3.95. The van der Waals surface area contributed by atoms with Crippen molar-refractivity contribution in [3.05, 3.63) is 50.0 Å². The number of hydrogen-bond donors (Lipinski definition) is 1. The summed E-state index contributed by atoms with van der Waals surface area (Å²) in [6.07, 6.45) is 10.5. The number of rotatable bonds is 0. The first-order valence-corrected chi connectivity index (χ1v) is 3.95. The molecular weight excluding hydrogens is 198 g/mol. The molecule has 0 aliphatic heterocycles. The molecule has 3 aromatic rings. The predicted molar refractivity (Wildman–Crippen MR) is 49.4 cm³/mol. The van der Waals surface area contributed by atoms with Crippen LogP contribution in [0.15, 0.2) is 59.0 Å². The maximum absolute atomic E-state index is 4.47. The van der Waals surface area contributed by atoms with Crippen LogP contribution in [0.1, 0.15) is 0 Å². The molecule has 0 saturated heterocycles. The molecule has 78 valence electrons. The number of aromatic amines is 1. The lowest BCUT2D eigenvalue weighted by atomic mass is 10.8. The average molecular weight is 207 g/mol. The molecule has 3 heterocycles. The lowest BCUT2D eigenvalue weighted by molar-refractivity contribution is 0.420. The van der Waals surface area contributed by atoms with Crippen molar-refractivity contribution in [2.75, 3.05) is 0 Å². The summed E-state index contributed by atoms with van der Waals surface area (Å²) in [5.74, 6) is 0. The Bertz CT molecular complexity index is 253. The molecule has 15 heavy (non-hydrogen) atoms. The van der Waals surface area contributed by atoms with E-state index in [1.807, 2.05) is 0 Å². The van der Waals surface area contributed by atoms with Crippen LogP contribution in [0.4, 0.5) is 0 Å². The molecule has 0 aliphatic rings. The van der Waals surface area contributed by atoms with E-state index in [1.165, 1.54) is 31.6 Å². The predicted octanol–water partition coefficient (Wildman–Crippen LogP) is 1.15. The molecule has 1 N–H and O–H groups in total. The second-order valence-electron chi connectivity index (χ2n) is 2.02. The first kappa shape index (κ1) is 10.6. The zero-order chi connectivity index (χ0) is 10.6. The van der Waals surface area contributed by atoms with Crippen LogP contribution < -0.4 is 0 Å². The monoisotopic (exact) mass is 207 g/mol. The highest BCUT2D eigenvalue weighted by Crippen LogP contribution is 1.72.